The number of hydrogen-bond acceptors (Lipinski definition) is 8. The van der Waals surface area contributed by atoms with Crippen LogP contribution in [0.5, 0.6) is 11.5 Å². The van der Waals surface area contributed by atoms with Gasteiger partial charge in [0.25, 0.3) is 20.0 Å². The topological polar surface area (TPSA) is 159 Å². The molecule has 2 aromatic heterocycles. The summed E-state index contributed by atoms with van der Waals surface area (Å²) in [6.07, 6.45) is 8.53. The average Bonchev–Trinajstić information content (AvgIpc) is 3.23. The molecule has 2 heterocycles. The van der Waals surface area contributed by atoms with Crippen molar-refractivity contribution in [3.63, 3.8) is 0 Å². The minimum atomic E-state index is -3.68. The molecule has 0 atom stereocenters. The van der Waals surface area contributed by atoms with Crippen molar-refractivity contribution in [2.75, 3.05) is 16.6 Å². The number of pyridine rings is 2. The molecule has 0 saturated carbocycles. The van der Waals surface area contributed by atoms with Gasteiger partial charge in [0.05, 0.1) is 17.0 Å². The lowest BCUT2D eigenvalue weighted by Gasteiger charge is -2.07. The summed E-state index contributed by atoms with van der Waals surface area (Å²) in [5, 5.41) is 19.2. The van der Waals surface area contributed by atoms with Gasteiger partial charge in [0.2, 0.25) is 0 Å². The van der Waals surface area contributed by atoms with E-state index in [4.69, 9.17) is 1.37 Å². The Bertz CT molecular complexity index is 2450. The summed E-state index contributed by atoms with van der Waals surface area (Å²) in [6, 6.07) is 30.8. The Balaban J connectivity index is 0.000000322. The molecule has 0 aliphatic carbocycles. The third-order valence-corrected chi connectivity index (χ3v) is 11.2. The number of aryl methyl sites for hydroxylation is 4. The fraction of sp³-hybridized carbons (Fsp3) is 0.136. The Morgan fingerprint density at radius 2 is 0.983 bits per heavy atom. The number of sulfonamides is 2. The highest BCUT2D eigenvalue weighted by Gasteiger charge is 2.15. The van der Waals surface area contributed by atoms with Gasteiger partial charge >= 0.3 is 0 Å². The summed E-state index contributed by atoms with van der Waals surface area (Å²) < 4.78 is 70.1. The van der Waals surface area contributed by atoms with E-state index in [1.54, 1.807) is 78.9 Å². The Morgan fingerprint density at radius 3 is 1.34 bits per heavy atom. The highest BCUT2D eigenvalue weighted by molar-refractivity contribution is 14.1. The molecule has 4 N–H and O–H groups in total. The summed E-state index contributed by atoms with van der Waals surface area (Å²) in [5.74, 6) is 1.30. The van der Waals surface area contributed by atoms with Crippen LogP contribution in [0.1, 0.15) is 47.7 Å². The molecule has 6 aromatic rings. The number of benzene rings is 4. The Morgan fingerprint density at radius 1 is 0.621 bits per heavy atom. The van der Waals surface area contributed by atoms with Gasteiger partial charge in [-0.2, -0.15) is 0 Å². The van der Waals surface area contributed by atoms with Gasteiger partial charge in [-0.3, -0.25) is 13.8 Å². The SMILES string of the molecule is C=Cc1ccc(S(=O)(=O)Nc2ccccn2)cc1.CF.Cc1cc(/C=C/c2ccc(S(=O)(=O)Nc3ccccn3)cc2)cc(C)c1O.Cc1cc(I)cc(C)c1O.[2H]C. The zero-order valence-corrected chi connectivity index (χ0v) is 36.8. The molecule has 0 bridgehead atoms. The van der Waals surface area contributed by atoms with E-state index in [1.165, 1.54) is 35.5 Å². The summed E-state index contributed by atoms with van der Waals surface area (Å²) in [6.45, 7) is 11.1. The molecule has 0 radical (unpaired) electrons. The third kappa shape index (κ3) is 14.7. The number of aromatic nitrogens is 2. The maximum absolute atomic E-state index is 12.4. The van der Waals surface area contributed by atoms with Crippen LogP contribution in [0.15, 0.2) is 138 Å². The molecule has 0 saturated heterocycles. The second kappa shape index (κ2) is 23.0. The zero-order chi connectivity index (χ0) is 44.2. The Kier molecular flexibility index (Phi) is 18.5. The van der Waals surface area contributed by atoms with Crippen molar-refractivity contribution >= 4 is 72.5 Å². The van der Waals surface area contributed by atoms with Gasteiger partial charge in [-0.1, -0.05) is 68.6 Å². The number of hydrogen-bond donors (Lipinski definition) is 4. The predicted octanol–water partition coefficient (Wildman–Crippen LogP) is 10.7. The molecule has 10 nitrogen and oxygen atoms in total. The zero-order valence-electron chi connectivity index (χ0n) is 34.0. The molecule has 14 heteroatoms. The van der Waals surface area contributed by atoms with Crippen molar-refractivity contribution in [2.24, 2.45) is 0 Å². The highest BCUT2D eigenvalue weighted by Crippen LogP contribution is 2.25. The average molecular weight is 940 g/mol. The van der Waals surface area contributed by atoms with Gasteiger partial charge < -0.3 is 10.2 Å². The van der Waals surface area contributed by atoms with Gasteiger partial charge in [-0.15, -0.1) is 0 Å². The lowest BCUT2D eigenvalue weighted by atomic mass is 10.0. The predicted molar refractivity (Wildman–Crippen MR) is 244 cm³/mol. The first kappa shape index (κ1) is 46.8. The molecule has 0 aliphatic heterocycles. The van der Waals surface area contributed by atoms with Gasteiger partial charge in [0, 0.05) is 17.3 Å². The third-order valence-electron chi connectivity index (χ3n) is 7.86. The van der Waals surface area contributed by atoms with Crippen molar-refractivity contribution in [1.82, 2.24) is 9.97 Å². The summed E-state index contributed by atoms with van der Waals surface area (Å²) >= 11 is 2.24. The van der Waals surface area contributed by atoms with Crippen molar-refractivity contribution in [3.8, 4) is 11.5 Å². The van der Waals surface area contributed by atoms with Crippen molar-refractivity contribution in [3.05, 3.63) is 171 Å². The first-order valence-corrected chi connectivity index (χ1v) is 21.1. The highest BCUT2D eigenvalue weighted by atomic mass is 127. The smallest absolute Gasteiger partial charge is 0.263 e. The van der Waals surface area contributed by atoms with E-state index in [9.17, 15) is 31.4 Å². The molecular formula is C44H48FIN4O6S2. The summed E-state index contributed by atoms with van der Waals surface area (Å²) in [5.41, 5.74) is 6.24. The van der Waals surface area contributed by atoms with E-state index in [2.05, 4.69) is 48.6 Å². The van der Waals surface area contributed by atoms with E-state index in [0.717, 1.165) is 38.9 Å². The van der Waals surface area contributed by atoms with Crippen LogP contribution in [0.25, 0.3) is 18.2 Å². The molecular weight excluding hydrogens is 891 g/mol. The lowest BCUT2D eigenvalue weighted by molar-refractivity contribution is 0.466. The van der Waals surface area contributed by atoms with Crippen LogP contribution in [0.2, 0.25) is 0 Å². The van der Waals surface area contributed by atoms with Gasteiger partial charge in [0.1, 0.15) is 23.1 Å². The maximum Gasteiger partial charge on any atom is 0.263 e. The first-order chi connectivity index (χ1) is 28.1. The Hall–Kier alpha value is -5.58. The van der Waals surface area contributed by atoms with Gasteiger partial charge in [0.15, 0.2) is 0 Å². The number of alkyl halides is 1. The van der Waals surface area contributed by atoms with Crippen LogP contribution in [-0.4, -0.2) is 44.2 Å². The van der Waals surface area contributed by atoms with Crippen LogP contribution in [0.4, 0.5) is 16.0 Å². The molecule has 4 aromatic carbocycles. The normalized spacial score (nSPS) is 10.7. The summed E-state index contributed by atoms with van der Waals surface area (Å²) in [7, 11) is -5.51. The molecule has 0 fully saturated rings. The fourth-order valence-corrected chi connectivity index (χ4v) is 7.91. The lowest BCUT2D eigenvalue weighted by Crippen LogP contribution is -2.13. The largest absolute Gasteiger partial charge is 0.507 e. The van der Waals surface area contributed by atoms with E-state index >= 15 is 0 Å². The molecule has 0 amide bonds. The van der Waals surface area contributed by atoms with E-state index < -0.39 is 20.0 Å². The molecule has 58 heavy (non-hydrogen) atoms. The van der Waals surface area contributed by atoms with E-state index in [1.807, 2.05) is 64.1 Å². The number of phenolic OH excluding ortho intramolecular Hbond substituents is 2. The van der Waals surface area contributed by atoms with Crippen LogP contribution in [0.3, 0.4) is 0 Å². The van der Waals surface area contributed by atoms with Crippen LogP contribution < -0.4 is 9.44 Å². The number of rotatable bonds is 9. The van der Waals surface area contributed by atoms with Crippen LogP contribution >= 0.6 is 22.6 Å². The van der Waals surface area contributed by atoms with Crippen molar-refractivity contribution < 1.29 is 32.8 Å². The van der Waals surface area contributed by atoms with Crippen LogP contribution in [-0.2, 0) is 20.0 Å². The number of nitrogens with zero attached hydrogens (tertiary/aromatic N) is 2. The Labute approximate surface area is 356 Å². The molecule has 0 unspecified atom stereocenters. The first-order valence-electron chi connectivity index (χ1n) is 18.1. The number of nitrogens with one attached hydrogen (secondary N) is 2. The maximum atomic E-state index is 12.4. The molecule has 0 spiro atoms. The monoisotopic (exact) mass is 939 g/mol. The number of phenols is 2. The molecule has 306 valence electrons. The van der Waals surface area contributed by atoms with Crippen molar-refractivity contribution in [2.45, 2.75) is 44.9 Å². The van der Waals surface area contributed by atoms with Crippen molar-refractivity contribution in [1.29, 1.82) is 0 Å². The quantitative estimate of drug-likeness (QED) is 0.0824. The standard InChI is InChI=1S/C21H20N2O3S.C13H12N2O2S.C8H9IO.CH3F.CH4/c1-15-13-18(14-16(2)21(15)24)7-6-17-8-10-19(11-9-17)27(25,26)23-20-5-3-4-12-22-20;1-2-11-6-8-12(9-7-11)18(16,17)15-13-5-3-4-10-14-13;1-5-3-7(9)4-6(2)8(5)10;1-2;/h3-14,24H,1-2H3,(H,22,23);2-10H,1H2,(H,14,15);3-4,10H,1-2H3;1H3;1H4/b7-6+;;;;/i;;;;1D. The fourth-order valence-electron chi connectivity index (χ4n) is 4.96. The second-order valence-corrected chi connectivity index (χ2v) is 16.8. The minimum Gasteiger partial charge on any atom is -0.507 e. The molecule has 0 aliphatic rings. The number of aromatic hydroxyl groups is 2. The minimum absolute atomic E-state index is 0.168. The van der Waals surface area contributed by atoms with Gasteiger partial charge in [-0.05, 0) is 162 Å². The van der Waals surface area contributed by atoms with Gasteiger partial charge in [-0.25, -0.2) is 26.8 Å². The second-order valence-electron chi connectivity index (χ2n) is 12.2. The number of anilines is 2. The summed E-state index contributed by atoms with van der Waals surface area (Å²) in [4.78, 5) is 8.25. The van der Waals surface area contributed by atoms with E-state index in [0.29, 0.717) is 24.5 Å². The molecule has 6 rings (SSSR count). The van der Waals surface area contributed by atoms with E-state index in [-0.39, 0.29) is 15.6 Å². The number of halogens is 2. The van der Waals surface area contributed by atoms with Crippen LogP contribution in [0, 0.1) is 31.3 Å².